The van der Waals surface area contributed by atoms with E-state index in [1.165, 1.54) is 0 Å². The predicted octanol–water partition coefficient (Wildman–Crippen LogP) is 1.34. The highest BCUT2D eigenvalue weighted by atomic mass is 16.5. The zero-order chi connectivity index (χ0) is 21.1. The number of hydrogen-bond acceptors (Lipinski definition) is 5. The Hall–Kier alpha value is -2.61. The van der Waals surface area contributed by atoms with E-state index in [0.29, 0.717) is 49.4 Å². The maximum absolute atomic E-state index is 13.2. The van der Waals surface area contributed by atoms with Gasteiger partial charge in [0.2, 0.25) is 5.91 Å². The maximum atomic E-state index is 13.2. The molecule has 0 radical (unpaired) electrons. The molecule has 3 aliphatic rings. The molecule has 1 aromatic rings. The van der Waals surface area contributed by atoms with Crippen LogP contribution in [-0.4, -0.2) is 55.5 Å². The Balaban J connectivity index is 1.54. The molecule has 0 aromatic heterocycles. The van der Waals surface area contributed by atoms with E-state index < -0.39 is 5.60 Å². The number of ether oxygens (including phenoxy) is 1. The summed E-state index contributed by atoms with van der Waals surface area (Å²) in [5, 5.41) is 9.19. The number of carbonyl (C=O) groups is 3. The molecule has 8 nitrogen and oxygen atoms in total. The molecule has 1 saturated heterocycles. The molecule has 1 aliphatic carbocycles. The molecule has 8 heteroatoms. The summed E-state index contributed by atoms with van der Waals surface area (Å²) >= 11 is 0. The van der Waals surface area contributed by atoms with Gasteiger partial charge in [0.05, 0.1) is 5.69 Å². The van der Waals surface area contributed by atoms with Crippen LogP contribution in [0.5, 0.6) is 5.75 Å². The number of piperidine rings is 1. The van der Waals surface area contributed by atoms with Crippen molar-refractivity contribution in [2.75, 3.05) is 31.1 Å². The van der Waals surface area contributed by atoms with Crippen molar-refractivity contribution in [1.29, 1.82) is 0 Å². The normalized spacial score (nSPS) is 22.0. The highest BCUT2D eigenvalue weighted by molar-refractivity contribution is 6.05. The average Bonchev–Trinajstić information content (AvgIpc) is 2.74. The number of nitrogens with zero attached hydrogens (tertiary/aromatic N) is 1. The number of hydrogen-bond donors (Lipinski definition) is 3. The number of rotatable bonds is 6. The van der Waals surface area contributed by atoms with Gasteiger partial charge in [-0.05, 0) is 56.8 Å². The van der Waals surface area contributed by atoms with Crippen LogP contribution in [0.4, 0.5) is 5.69 Å². The lowest BCUT2D eigenvalue weighted by atomic mass is 9.77. The zero-order valence-corrected chi connectivity index (χ0v) is 17.5. The predicted molar refractivity (Wildman–Crippen MR) is 113 cm³/mol. The molecule has 30 heavy (non-hydrogen) atoms. The van der Waals surface area contributed by atoms with Crippen LogP contribution in [0, 0.1) is 0 Å². The lowest BCUT2D eigenvalue weighted by Gasteiger charge is -2.47. The largest absolute Gasteiger partial charge is 0.475 e. The molecule has 3 N–H and O–H groups in total. The number of carbonyl (C=O) groups excluding carboxylic acids is 3. The van der Waals surface area contributed by atoms with Crippen LogP contribution in [-0.2, 0) is 9.59 Å². The van der Waals surface area contributed by atoms with Crippen LogP contribution in [0.15, 0.2) is 18.2 Å². The number of benzene rings is 1. The molecular weight excluding hydrogens is 384 g/mol. The molecule has 2 heterocycles. The minimum Gasteiger partial charge on any atom is -0.475 e. The summed E-state index contributed by atoms with van der Waals surface area (Å²) < 4.78 is 6.11. The monoisotopic (exact) mass is 414 g/mol. The molecule has 1 atom stereocenters. The van der Waals surface area contributed by atoms with Gasteiger partial charge in [0.1, 0.15) is 5.75 Å². The Labute approximate surface area is 176 Å². The molecule has 0 bridgehead atoms. The van der Waals surface area contributed by atoms with Crippen LogP contribution in [0.2, 0.25) is 0 Å². The molecule has 162 valence electrons. The molecule has 4 rings (SSSR count). The lowest BCUT2D eigenvalue weighted by molar-refractivity contribution is -0.143. The van der Waals surface area contributed by atoms with Gasteiger partial charge < -0.3 is 25.6 Å². The minimum absolute atomic E-state index is 0.0523. The lowest BCUT2D eigenvalue weighted by Crippen LogP contribution is -2.60. The highest BCUT2D eigenvalue weighted by Gasteiger charge is 2.52. The Morgan fingerprint density at radius 1 is 1.30 bits per heavy atom. The van der Waals surface area contributed by atoms with Gasteiger partial charge in [-0.1, -0.05) is 6.92 Å². The van der Waals surface area contributed by atoms with Gasteiger partial charge in [-0.25, -0.2) is 0 Å². The molecule has 0 unspecified atom stereocenters. The second-order valence-electron chi connectivity index (χ2n) is 8.31. The van der Waals surface area contributed by atoms with Gasteiger partial charge in [-0.3, -0.25) is 14.4 Å². The fraction of sp³-hybridized carbons (Fsp3) is 0.591. The molecule has 1 spiro atoms. The van der Waals surface area contributed by atoms with Crippen LogP contribution in [0.25, 0.3) is 0 Å². The summed E-state index contributed by atoms with van der Waals surface area (Å²) in [6.07, 6.45) is 4.74. The maximum Gasteiger partial charge on any atom is 0.271 e. The molecule has 3 amide bonds. The van der Waals surface area contributed by atoms with E-state index in [2.05, 4.69) is 16.0 Å². The van der Waals surface area contributed by atoms with Crippen molar-refractivity contribution in [3.63, 3.8) is 0 Å². The Morgan fingerprint density at radius 3 is 2.80 bits per heavy atom. The Morgan fingerprint density at radius 2 is 2.13 bits per heavy atom. The first-order valence-corrected chi connectivity index (χ1v) is 11.0. The second kappa shape index (κ2) is 8.63. The fourth-order valence-electron chi connectivity index (χ4n) is 4.28. The first-order valence-electron chi connectivity index (χ1n) is 11.0. The third kappa shape index (κ3) is 4.01. The highest BCUT2D eigenvalue weighted by Crippen LogP contribution is 2.46. The molecular formula is C22H30N4O4. The summed E-state index contributed by atoms with van der Waals surface area (Å²) in [5.41, 5.74) is 0.305. The van der Waals surface area contributed by atoms with Gasteiger partial charge in [0.15, 0.2) is 5.60 Å². The van der Waals surface area contributed by atoms with Gasteiger partial charge >= 0.3 is 0 Å². The van der Waals surface area contributed by atoms with Crippen molar-refractivity contribution < 1.29 is 19.1 Å². The Kier molecular flexibility index (Phi) is 5.94. The summed E-state index contributed by atoms with van der Waals surface area (Å²) in [4.78, 5) is 39.3. The zero-order valence-electron chi connectivity index (χ0n) is 17.5. The quantitative estimate of drug-likeness (QED) is 0.652. The summed E-state index contributed by atoms with van der Waals surface area (Å²) in [6.45, 7) is 4.25. The van der Waals surface area contributed by atoms with E-state index in [1.807, 2.05) is 0 Å². The molecule has 2 aliphatic heterocycles. The van der Waals surface area contributed by atoms with Gasteiger partial charge in [0.25, 0.3) is 11.8 Å². The molecule has 1 saturated carbocycles. The van der Waals surface area contributed by atoms with E-state index in [1.54, 1.807) is 30.0 Å². The minimum atomic E-state index is -0.792. The van der Waals surface area contributed by atoms with Crippen molar-refractivity contribution in [2.45, 2.75) is 57.1 Å². The third-order valence-electron chi connectivity index (χ3n) is 6.22. The van der Waals surface area contributed by atoms with E-state index in [9.17, 15) is 14.4 Å². The van der Waals surface area contributed by atoms with Gasteiger partial charge in [0, 0.05) is 37.7 Å². The average molecular weight is 415 g/mol. The van der Waals surface area contributed by atoms with Crippen molar-refractivity contribution in [3.05, 3.63) is 23.8 Å². The molecule has 2 fully saturated rings. The third-order valence-corrected chi connectivity index (χ3v) is 6.22. The number of amides is 3. The van der Waals surface area contributed by atoms with E-state index in [4.69, 9.17) is 4.74 Å². The first-order chi connectivity index (χ1) is 14.5. The van der Waals surface area contributed by atoms with Gasteiger partial charge in [-0.15, -0.1) is 0 Å². The SMILES string of the molecule is CCC(=O)NCCN1C(=O)C2(CCC2)Oc2ccc(C(=O)N[C@@H]3CCCNC3)cc21. The molecule has 1 aromatic carbocycles. The van der Waals surface area contributed by atoms with E-state index in [0.717, 1.165) is 32.4 Å². The van der Waals surface area contributed by atoms with E-state index >= 15 is 0 Å². The van der Waals surface area contributed by atoms with Crippen LogP contribution >= 0.6 is 0 Å². The number of anilines is 1. The summed E-state index contributed by atoms with van der Waals surface area (Å²) in [5.74, 6) is 0.332. The second-order valence-corrected chi connectivity index (χ2v) is 8.31. The first kappa shape index (κ1) is 20.7. The van der Waals surface area contributed by atoms with Gasteiger partial charge in [-0.2, -0.15) is 0 Å². The van der Waals surface area contributed by atoms with Crippen LogP contribution < -0.4 is 25.6 Å². The summed E-state index contributed by atoms with van der Waals surface area (Å²) in [7, 11) is 0. The van der Waals surface area contributed by atoms with Crippen LogP contribution in [0.1, 0.15) is 55.8 Å². The number of fused-ring (bicyclic) bond motifs is 1. The standard InChI is InChI=1S/C22H30N4O4/c1-2-19(27)24-11-12-26-17-13-15(20(28)25-16-5-3-10-23-14-16)6-7-18(17)30-22(21(26)29)8-4-9-22/h6-7,13,16,23H,2-5,8-12,14H2,1H3,(H,24,27)(H,25,28)/t16-/m1/s1. The van der Waals surface area contributed by atoms with Crippen LogP contribution in [0.3, 0.4) is 0 Å². The van der Waals surface area contributed by atoms with Crippen molar-refractivity contribution in [3.8, 4) is 5.75 Å². The topological polar surface area (TPSA) is 99.8 Å². The Bertz CT molecular complexity index is 830. The smallest absolute Gasteiger partial charge is 0.271 e. The van der Waals surface area contributed by atoms with Crippen molar-refractivity contribution >= 4 is 23.4 Å². The fourth-order valence-corrected chi connectivity index (χ4v) is 4.28. The van der Waals surface area contributed by atoms with E-state index in [-0.39, 0.29) is 23.8 Å². The van der Waals surface area contributed by atoms with Crippen molar-refractivity contribution in [2.24, 2.45) is 0 Å². The summed E-state index contributed by atoms with van der Waals surface area (Å²) in [6, 6.07) is 5.38. The van der Waals surface area contributed by atoms with Crippen molar-refractivity contribution in [1.82, 2.24) is 16.0 Å². The number of nitrogens with one attached hydrogen (secondary N) is 3.